The van der Waals surface area contributed by atoms with Crippen LogP contribution in [0, 0.1) is 0 Å². The van der Waals surface area contributed by atoms with Crippen molar-refractivity contribution in [2.75, 3.05) is 27.9 Å². The number of H-pyrrole nitrogens is 1. The van der Waals surface area contributed by atoms with Crippen molar-refractivity contribution in [3.63, 3.8) is 0 Å². The lowest BCUT2D eigenvalue weighted by molar-refractivity contribution is -0.120. The van der Waals surface area contributed by atoms with Gasteiger partial charge in [0.25, 0.3) is 11.8 Å². The number of amides is 2. The maximum absolute atomic E-state index is 12.9. The summed E-state index contributed by atoms with van der Waals surface area (Å²) in [6, 6.07) is 10.7. The van der Waals surface area contributed by atoms with E-state index in [1.807, 2.05) is 24.3 Å². The number of rotatable bonds is 8. The summed E-state index contributed by atoms with van der Waals surface area (Å²) < 4.78 is 16.0. The van der Waals surface area contributed by atoms with Crippen LogP contribution in [0.1, 0.15) is 16.2 Å². The summed E-state index contributed by atoms with van der Waals surface area (Å²) >= 11 is 0. The van der Waals surface area contributed by atoms with Crippen molar-refractivity contribution in [2.24, 2.45) is 5.73 Å². The van der Waals surface area contributed by atoms with Gasteiger partial charge in [-0.1, -0.05) is 12.1 Å². The number of carbonyl (C=O) groups excluding carboxylic acids is 2. The van der Waals surface area contributed by atoms with Crippen molar-refractivity contribution in [1.29, 1.82) is 0 Å². The number of nitrogens with zero attached hydrogens (tertiary/aromatic N) is 2. The highest BCUT2D eigenvalue weighted by Gasteiger charge is 2.21. The van der Waals surface area contributed by atoms with E-state index < -0.39 is 5.91 Å². The van der Waals surface area contributed by atoms with Crippen LogP contribution >= 0.6 is 0 Å². The number of benzene rings is 2. The van der Waals surface area contributed by atoms with Crippen molar-refractivity contribution >= 4 is 22.8 Å². The second-order valence-corrected chi connectivity index (χ2v) is 6.33. The number of imidazole rings is 1. The van der Waals surface area contributed by atoms with Gasteiger partial charge >= 0.3 is 0 Å². The van der Waals surface area contributed by atoms with Crippen LogP contribution in [0.3, 0.4) is 0 Å². The van der Waals surface area contributed by atoms with Gasteiger partial charge in [0.2, 0.25) is 5.75 Å². The van der Waals surface area contributed by atoms with Gasteiger partial charge in [-0.3, -0.25) is 9.59 Å². The van der Waals surface area contributed by atoms with Gasteiger partial charge in [-0.25, -0.2) is 4.98 Å². The first kappa shape index (κ1) is 20.0. The molecular weight excluding hydrogens is 376 g/mol. The predicted molar refractivity (Wildman–Crippen MR) is 106 cm³/mol. The quantitative estimate of drug-likeness (QED) is 0.596. The Hall–Kier alpha value is -3.75. The molecule has 0 spiro atoms. The number of methoxy groups -OCH3 is 2. The molecule has 3 N–H and O–H groups in total. The number of carbonyl (C=O) groups is 2. The Morgan fingerprint density at radius 2 is 1.79 bits per heavy atom. The van der Waals surface area contributed by atoms with E-state index in [-0.39, 0.29) is 36.3 Å². The molecule has 0 saturated carbocycles. The molecule has 9 heteroatoms. The Morgan fingerprint density at radius 3 is 2.38 bits per heavy atom. The fourth-order valence-electron chi connectivity index (χ4n) is 2.89. The van der Waals surface area contributed by atoms with Crippen LogP contribution in [-0.2, 0) is 11.3 Å². The Bertz CT molecular complexity index is 988. The average Bonchev–Trinajstić information content (AvgIpc) is 3.13. The van der Waals surface area contributed by atoms with Crippen LogP contribution in [0.25, 0.3) is 11.0 Å². The normalized spacial score (nSPS) is 10.6. The topological polar surface area (TPSA) is 120 Å². The zero-order chi connectivity index (χ0) is 21.0. The van der Waals surface area contributed by atoms with Crippen LogP contribution in [0.5, 0.6) is 17.2 Å². The molecule has 0 aliphatic heterocycles. The summed E-state index contributed by atoms with van der Waals surface area (Å²) in [5.74, 6) is 0.480. The van der Waals surface area contributed by atoms with Gasteiger partial charge < -0.3 is 29.8 Å². The van der Waals surface area contributed by atoms with Crippen molar-refractivity contribution < 1.29 is 23.8 Å². The van der Waals surface area contributed by atoms with Crippen LogP contribution in [-0.4, -0.2) is 54.6 Å². The van der Waals surface area contributed by atoms with Crippen LogP contribution in [0.4, 0.5) is 0 Å². The first-order valence-corrected chi connectivity index (χ1v) is 8.79. The van der Waals surface area contributed by atoms with E-state index in [2.05, 4.69) is 9.97 Å². The highest BCUT2D eigenvalue weighted by molar-refractivity contribution is 5.95. The summed E-state index contributed by atoms with van der Waals surface area (Å²) in [6.07, 6.45) is 0. The van der Waals surface area contributed by atoms with Crippen molar-refractivity contribution in [1.82, 2.24) is 14.9 Å². The summed E-state index contributed by atoms with van der Waals surface area (Å²) in [7, 11) is 4.53. The zero-order valence-electron chi connectivity index (χ0n) is 16.4. The minimum absolute atomic E-state index is 0.199. The highest BCUT2D eigenvalue weighted by atomic mass is 16.5. The molecule has 29 heavy (non-hydrogen) atoms. The van der Waals surface area contributed by atoms with Gasteiger partial charge in [0.05, 0.1) is 31.8 Å². The molecule has 0 aliphatic carbocycles. The molecule has 0 aliphatic rings. The molecule has 2 aromatic carbocycles. The van der Waals surface area contributed by atoms with Gasteiger partial charge in [0, 0.05) is 12.6 Å². The van der Waals surface area contributed by atoms with Gasteiger partial charge in [-0.15, -0.1) is 0 Å². The molecule has 3 rings (SSSR count). The minimum atomic E-state index is -0.639. The summed E-state index contributed by atoms with van der Waals surface area (Å²) in [5, 5.41) is 0. The molecule has 0 bridgehead atoms. The highest BCUT2D eigenvalue weighted by Crippen LogP contribution is 2.38. The van der Waals surface area contributed by atoms with E-state index in [0.717, 1.165) is 11.0 Å². The van der Waals surface area contributed by atoms with Crippen LogP contribution in [0.2, 0.25) is 0 Å². The lowest BCUT2D eigenvalue weighted by Crippen LogP contribution is -2.27. The fourth-order valence-corrected chi connectivity index (χ4v) is 2.89. The van der Waals surface area contributed by atoms with E-state index in [0.29, 0.717) is 11.4 Å². The van der Waals surface area contributed by atoms with Gasteiger partial charge in [0.1, 0.15) is 5.82 Å². The monoisotopic (exact) mass is 398 g/mol. The SMILES string of the molecule is COc1cc(C(=O)N(C)Cc2nc3ccccc3[nH]2)cc(OC)c1OCC(N)=O. The third-order valence-corrected chi connectivity index (χ3v) is 4.24. The number of ether oxygens (including phenoxy) is 3. The standard InChI is InChI=1S/C20H22N4O5/c1-24(10-18-22-13-6-4-5-7-14(13)23-18)20(26)12-8-15(27-2)19(16(9-12)28-3)29-11-17(21)25/h4-9H,10-11H2,1-3H3,(H2,21,25)(H,22,23). The summed E-state index contributed by atoms with van der Waals surface area (Å²) in [5.41, 5.74) is 7.20. The molecule has 0 unspecified atom stereocenters. The van der Waals surface area contributed by atoms with Gasteiger partial charge in [0.15, 0.2) is 18.1 Å². The molecule has 9 nitrogen and oxygen atoms in total. The number of aromatic amines is 1. The van der Waals surface area contributed by atoms with E-state index in [9.17, 15) is 9.59 Å². The maximum atomic E-state index is 12.9. The lowest BCUT2D eigenvalue weighted by atomic mass is 10.1. The smallest absolute Gasteiger partial charge is 0.255 e. The predicted octanol–water partition coefficient (Wildman–Crippen LogP) is 1.72. The Labute approximate surface area is 167 Å². The largest absolute Gasteiger partial charge is 0.493 e. The fraction of sp³-hybridized carbons (Fsp3) is 0.250. The van der Waals surface area contributed by atoms with E-state index in [1.165, 1.54) is 31.3 Å². The Balaban J connectivity index is 1.84. The Kier molecular flexibility index (Phi) is 5.87. The molecule has 1 aromatic heterocycles. The molecule has 3 aromatic rings. The number of hydrogen-bond acceptors (Lipinski definition) is 6. The van der Waals surface area contributed by atoms with Crippen molar-refractivity contribution in [3.8, 4) is 17.2 Å². The number of nitrogens with two attached hydrogens (primary N) is 1. The number of para-hydroxylation sites is 2. The van der Waals surface area contributed by atoms with Gasteiger partial charge in [-0.05, 0) is 24.3 Å². The molecule has 152 valence electrons. The molecule has 1 heterocycles. The van der Waals surface area contributed by atoms with Crippen LogP contribution in [0.15, 0.2) is 36.4 Å². The molecular formula is C20H22N4O5. The van der Waals surface area contributed by atoms with Crippen LogP contribution < -0.4 is 19.9 Å². The van der Waals surface area contributed by atoms with E-state index >= 15 is 0 Å². The van der Waals surface area contributed by atoms with E-state index in [1.54, 1.807) is 7.05 Å². The maximum Gasteiger partial charge on any atom is 0.255 e. The lowest BCUT2D eigenvalue weighted by Gasteiger charge is -2.19. The molecule has 2 amide bonds. The number of primary amides is 1. The average molecular weight is 398 g/mol. The first-order valence-electron chi connectivity index (χ1n) is 8.79. The molecule has 0 fully saturated rings. The molecule has 0 radical (unpaired) electrons. The third kappa shape index (κ3) is 4.40. The van der Waals surface area contributed by atoms with Crippen molar-refractivity contribution in [2.45, 2.75) is 6.54 Å². The van der Waals surface area contributed by atoms with E-state index in [4.69, 9.17) is 19.9 Å². The summed E-state index contributed by atoms with van der Waals surface area (Å²) in [6.45, 7) is -0.0515. The second kappa shape index (κ2) is 8.51. The third-order valence-electron chi connectivity index (χ3n) is 4.24. The number of aromatic nitrogens is 2. The first-order chi connectivity index (χ1) is 13.9. The molecule has 0 atom stereocenters. The molecule has 0 saturated heterocycles. The van der Waals surface area contributed by atoms with Gasteiger partial charge in [-0.2, -0.15) is 0 Å². The number of hydrogen-bond donors (Lipinski definition) is 2. The Morgan fingerprint density at radius 1 is 1.14 bits per heavy atom. The number of nitrogens with one attached hydrogen (secondary N) is 1. The summed E-state index contributed by atoms with van der Waals surface area (Å²) in [4.78, 5) is 33.2. The number of fused-ring (bicyclic) bond motifs is 1. The zero-order valence-corrected chi connectivity index (χ0v) is 16.4. The minimum Gasteiger partial charge on any atom is -0.493 e. The van der Waals surface area contributed by atoms with Crippen molar-refractivity contribution in [3.05, 3.63) is 47.8 Å². The second-order valence-electron chi connectivity index (χ2n) is 6.33.